The zero-order valence-electron chi connectivity index (χ0n) is 11.9. The van der Waals surface area contributed by atoms with Crippen LogP contribution in [-0.4, -0.2) is 27.0 Å². The fourth-order valence-electron chi connectivity index (χ4n) is 1.47. The van der Waals surface area contributed by atoms with Gasteiger partial charge in [0.15, 0.2) is 0 Å². The van der Waals surface area contributed by atoms with Gasteiger partial charge in [-0.1, -0.05) is 32.4 Å². The molecule has 0 aromatic carbocycles. The molecule has 0 radical (unpaired) electrons. The summed E-state index contributed by atoms with van der Waals surface area (Å²) in [6.07, 6.45) is 2.13. The summed E-state index contributed by atoms with van der Waals surface area (Å²) in [5.41, 5.74) is -0.687. The van der Waals surface area contributed by atoms with Crippen LogP contribution in [0.5, 0.6) is 0 Å². The molecule has 1 heterocycles. The van der Waals surface area contributed by atoms with E-state index in [0.717, 1.165) is 0 Å². The molecular formula is C13H22ClN3O2. The highest BCUT2D eigenvalue weighted by Crippen LogP contribution is 2.17. The van der Waals surface area contributed by atoms with Gasteiger partial charge in [0.1, 0.15) is 5.02 Å². The molecule has 19 heavy (non-hydrogen) atoms. The minimum atomic E-state index is -0.837. The highest BCUT2D eigenvalue weighted by molar-refractivity contribution is 6.32. The standard InChI is InChI=1S/C13H22ClN3O2/c1-5-13(4,19)8-15-10-6-16-17(7-9(2)3)12(18)11(10)14/h6,9,15,19H,5,7-8H2,1-4H3. The Hall–Kier alpha value is -1.07. The first-order valence-electron chi connectivity index (χ1n) is 6.48. The van der Waals surface area contributed by atoms with E-state index >= 15 is 0 Å². The summed E-state index contributed by atoms with van der Waals surface area (Å²) in [7, 11) is 0. The molecule has 2 N–H and O–H groups in total. The number of nitrogens with zero attached hydrogens (tertiary/aromatic N) is 2. The molecular weight excluding hydrogens is 266 g/mol. The number of hydrogen-bond donors (Lipinski definition) is 2. The van der Waals surface area contributed by atoms with Crippen LogP contribution in [0.3, 0.4) is 0 Å². The zero-order chi connectivity index (χ0) is 14.6. The van der Waals surface area contributed by atoms with Crippen LogP contribution in [0.1, 0.15) is 34.1 Å². The highest BCUT2D eigenvalue weighted by Gasteiger charge is 2.18. The highest BCUT2D eigenvalue weighted by atomic mass is 35.5. The number of hydrogen-bond acceptors (Lipinski definition) is 4. The maximum absolute atomic E-state index is 12.0. The first kappa shape index (κ1) is 16.0. The van der Waals surface area contributed by atoms with E-state index in [4.69, 9.17) is 11.6 Å². The van der Waals surface area contributed by atoms with Crippen LogP contribution in [0, 0.1) is 5.92 Å². The van der Waals surface area contributed by atoms with Crippen LogP contribution in [0.15, 0.2) is 11.0 Å². The van der Waals surface area contributed by atoms with Crippen molar-refractivity contribution in [3.63, 3.8) is 0 Å². The van der Waals surface area contributed by atoms with Crippen molar-refractivity contribution < 1.29 is 5.11 Å². The number of nitrogens with one attached hydrogen (secondary N) is 1. The lowest BCUT2D eigenvalue weighted by Gasteiger charge is -2.22. The van der Waals surface area contributed by atoms with Gasteiger partial charge < -0.3 is 10.4 Å². The molecule has 6 heteroatoms. The SMILES string of the molecule is CCC(C)(O)CNc1cnn(CC(C)C)c(=O)c1Cl. The molecule has 0 aliphatic heterocycles. The van der Waals surface area contributed by atoms with Crippen molar-refractivity contribution in [3.8, 4) is 0 Å². The summed E-state index contributed by atoms with van der Waals surface area (Å²) in [6.45, 7) is 8.48. The van der Waals surface area contributed by atoms with Gasteiger partial charge in [0, 0.05) is 13.1 Å². The first-order valence-corrected chi connectivity index (χ1v) is 6.86. The smallest absolute Gasteiger partial charge is 0.287 e. The van der Waals surface area contributed by atoms with E-state index in [9.17, 15) is 9.90 Å². The summed E-state index contributed by atoms with van der Waals surface area (Å²) in [6, 6.07) is 0. The Morgan fingerprint density at radius 3 is 2.74 bits per heavy atom. The lowest BCUT2D eigenvalue weighted by molar-refractivity contribution is 0.0697. The van der Waals surface area contributed by atoms with Gasteiger partial charge in [-0.15, -0.1) is 0 Å². The van der Waals surface area contributed by atoms with Crippen molar-refractivity contribution >= 4 is 17.3 Å². The van der Waals surface area contributed by atoms with Gasteiger partial charge in [-0.3, -0.25) is 4.79 Å². The fourth-order valence-corrected chi connectivity index (χ4v) is 1.69. The van der Waals surface area contributed by atoms with Crippen molar-refractivity contribution in [3.05, 3.63) is 21.6 Å². The summed E-state index contributed by atoms with van der Waals surface area (Å²) in [4.78, 5) is 12.0. The third kappa shape index (κ3) is 4.51. The molecule has 0 fully saturated rings. The second kappa shape index (κ2) is 6.39. The normalized spacial score (nSPS) is 14.5. The largest absolute Gasteiger partial charge is 0.388 e. The molecule has 0 saturated carbocycles. The van der Waals surface area contributed by atoms with E-state index in [0.29, 0.717) is 31.1 Å². The van der Waals surface area contributed by atoms with Crippen molar-refractivity contribution in [1.82, 2.24) is 9.78 Å². The number of aliphatic hydroxyl groups is 1. The van der Waals surface area contributed by atoms with E-state index in [2.05, 4.69) is 10.4 Å². The van der Waals surface area contributed by atoms with E-state index in [1.807, 2.05) is 20.8 Å². The van der Waals surface area contributed by atoms with Crippen LogP contribution in [0.25, 0.3) is 0 Å². The second-order valence-corrected chi connectivity index (χ2v) is 5.84. The van der Waals surface area contributed by atoms with Crippen LogP contribution in [0.4, 0.5) is 5.69 Å². The average molecular weight is 288 g/mol. The van der Waals surface area contributed by atoms with Gasteiger partial charge >= 0.3 is 0 Å². The minimum Gasteiger partial charge on any atom is -0.388 e. The molecule has 1 aromatic heterocycles. The summed E-state index contributed by atoms with van der Waals surface area (Å²) < 4.78 is 1.36. The van der Waals surface area contributed by atoms with Crippen LogP contribution >= 0.6 is 11.6 Å². The van der Waals surface area contributed by atoms with Crippen LogP contribution < -0.4 is 10.9 Å². The fraction of sp³-hybridized carbons (Fsp3) is 0.692. The van der Waals surface area contributed by atoms with Crippen LogP contribution in [-0.2, 0) is 6.54 Å². The second-order valence-electron chi connectivity index (χ2n) is 5.46. The van der Waals surface area contributed by atoms with Gasteiger partial charge in [-0.2, -0.15) is 5.10 Å². The molecule has 1 unspecified atom stereocenters. The maximum atomic E-state index is 12.0. The van der Waals surface area contributed by atoms with E-state index < -0.39 is 5.60 Å². The molecule has 1 rings (SSSR count). The monoisotopic (exact) mass is 287 g/mol. The lowest BCUT2D eigenvalue weighted by Crippen LogP contribution is -2.33. The Bertz CT molecular complexity index is 483. The topological polar surface area (TPSA) is 67.2 Å². The predicted octanol–water partition coefficient (Wildman–Crippen LogP) is 2.13. The molecule has 1 atom stereocenters. The molecule has 1 aromatic rings. The third-order valence-corrected chi connectivity index (χ3v) is 3.31. The van der Waals surface area contributed by atoms with E-state index in [1.54, 1.807) is 6.92 Å². The Kier molecular flexibility index (Phi) is 5.38. The zero-order valence-corrected chi connectivity index (χ0v) is 12.7. The van der Waals surface area contributed by atoms with Gasteiger partial charge in [-0.05, 0) is 19.3 Å². The number of anilines is 1. The Balaban J connectivity index is 2.88. The molecule has 0 amide bonds. The Morgan fingerprint density at radius 2 is 2.21 bits per heavy atom. The van der Waals surface area contributed by atoms with Crippen molar-refractivity contribution in [2.75, 3.05) is 11.9 Å². The summed E-state index contributed by atoms with van der Waals surface area (Å²) in [5, 5.41) is 17.1. The molecule has 0 spiro atoms. The van der Waals surface area contributed by atoms with Gasteiger partial charge in [0.05, 0.1) is 17.5 Å². The lowest BCUT2D eigenvalue weighted by atomic mass is 10.0. The summed E-state index contributed by atoms with van der Waals surface area (Å²) in [5.74, 6) is 0.320. The molecule has 0 saturated heterocycles. The van der Waals surface area contributed by atoms with E-state index in [1.165, 1.54) is 10.9 Å². The molecule has 5 nitrogen and oxygen atoms in total. The van der Waals surface area contributed by atoms with Gasteiger partial charge in [0.25, 0.3) is 5.56 Å². The van der Waals surface area contributed by atoms with Gasteiger partial charge in [0.2, 0.25) is 0 Å². The van der Waals surface area contributed by atoms with Crippen LogP contribution in [0.2, 0.25) is 5.02 Å². The first-order chi connectivity index (χ1) is 8.76. The number of aromatic nitrogens is 2. The minimum absolute atomic E-state index is 0.113. The van der Waals surface area contributed by atoms with Crippen molar-refractivity contribution in [2.24, 2.45) is 5.92 Å². The Morgan fingerprint density at radius 1 is 1.58 bits per heavy atom. The predicted molar refractivity (Wildman–Crippen MR) is 77.7 cm³/mol. The number of halogens is 1. The molecule has 0 aliphatic carbocycles. The Labute approximate surface area is 118 Å². The van der Waals surface area contributed by atoms with Gasteiger partial charge in [-0.25, -0.2) is 4.68 Å². The summed E-state index contributed by atoms with van der Waals surface area (Å²) >= 11 is 6.04. The maximum Gasteiger partial charge on any atom is 0.287 e. The quantitative estimate of drug-likeness (QED) is 0.841. The molecule has 0 aliphatic rings. The molecule has 108 valence electrons. The molecule has 0 bridgehead atoms. The third-order valence-electron chi connectivity index (χ3n) is 2.94. The van der Waals surface area contributed by atoms with Crippen molar-refractivity contribution in [2.45, 2.75) is 46.3 Å². The van der Waals surface area contributed by atoms with Crippen molar-refractivity contribution in [1.29, 1.82) is 0 Å². The van der Waals surface area contributed by atoms with E-state index in [-0.39, 0.29) is 10.6 Å². The number of rotatable bonds is 6. The average Bonchev–Trinajstić information content (AvgIpc) is 2.34.